The van der Waals surface area contributed by atoms with E-state index in [1.54, 1.807) is 18.6 Å². The van der Waals surface area contributed by atoms with Crippen LogP contribution in [-0.2, 0) is 4.79 Å². The van der Waals surface area contributed by atoms with Crippen molar-refractivity contribution in [3.63, 3.8) is 0 Å². The van der Waals surface area contributed by atoms with Crippen LogP contribution in [-0.4, -0.2) is 21.7 Å². The molecule has 0 radical (unpaired) electrons. The molecule has 2 aliphatic rings. The van der Waals surface area contributed by atoms with Crippen molar-refractivity contribution in [2.45, 2.75) is 0 Å². The van der Waals surface area contributed by atoms with Gasteiger partial charge in [-0.25, -0.2) is 4.98 Å². The molecule has 0 bridgehead atoms. The van der Waals surface area contributed by atoms with E-state index in [4.69, 9.17) is 10.2 Å². The lowest BCUT2D eigenvalue weighted by molar-refractivity contribution is -0.114. The predicted octanol–water partition coefficient (Wildman–Crippen LogP) is 1.79. The molecule has 0 saturated heterocycles. The van der Waals surface area contributed by atoms with Crippen LogP contribution in [0.1, 0.15) is 5.89 Å². The molecule has 8 heteroatoms. The first kappa shape index (κ1) is 12.9. The lowest BCUT2D eigenvalue weighted by atomic mass is 10.1. The van der Waals surface area contributed by atoms with Crippen LogP contribution in [0.15, 0.2) is 63.7 Å². The molecule has 4 heterocycles. The van der Waals surface area contributed by atoms with Crippen LogP contribution in [0.3, 0.4) is 0 Å². The smallest absolute Gasteiger partial charge is 0.302 e. The maximum absolute atomic E-state index is 11.5. The Kier molecular flexibility index (Phi) is 2.68. The standard InChI is InChI=1S/C14H9N5O2S/c15-12(20)10-8-19(14-17-4-6-22-14)7-9(1-2-11(19)18-10)13-16-3-5-21-13/h1-8H,(H-,15,20)/p+1. The number of nitrogens with two attached hydrogens (primary N) is 1. The van der Waals surface area contributed by atoms with E-state index in [2.05, 4.69) is 15.0 Å². The summed E-state index contributed by atoms with van der Waals surface area (Å²) in [7, 11) is 0. The number of primary amides is 1. The minimum Gasteiger partial charge on any atom is -0.444 e. The van der Waals surface area contributed by atoms with Crippen molar-refractivity contribution in [2.75, 3.05) is 0 Å². The van der Waals surface area contributed by atoms with Gasteiger partial charge in [0.05, 0.1) is 11.8 Å². The Bertz CT molecular complexity index is 861. The zero-order valence-electron chi connectivity index (χ0n) is 11.2. The largest absolute Gasteiger partial charge is 0.444 e. The molecule has 2 aliphatic heterocycles. The Morgan fingerprint density at radius 1 is 1.23 bits per heavy atom. The number of carbonyl (C=O) groups excluding carboxylic acids is 1. The molecule has 0 saturated carbocycles. The van der Waals surface area contributed by atoms with Crippen molar-refractivity contribution in [3.05, 3.63) is 60.2 Å². The number of aliphatic imine (C=N–C) groups is 1. The van der Waals surface area contributed by atoms with E-state index < -0.39 is 5.91 Å². The third-order valence-corrected chi connectivity index (χ3v) is 4.24. The Labute approximate surface area is 129 Å². The van der Waals surface area contributed by atoms with Gasteiger partial charge in [-0.05, 0) is 6.08 Å². The van der Waals surface area contributed by atoms with E-state index >= 15 is 0 Å². The second kappa shape index (κ2) is 4.58. The number of quaternary nitrogens is 1. The number of fused-ring (bicyclic) bond motifs is 1. The summed E-state index contributed by atoms with van der Waals surface area (Å²) in [6, 6.07) is 0. The molecule has 0 spiro atoms. The van der Waals surface area contributed by atoms with Gasteiger partial charge in [0.1, 0.15) is 18.7 Å². The number of hydrogen-bond donors (Lipinski definition) is 1. The van der Waals surface area contributed by atoms with Gasteiger partial charge in [0.15, 0.2) is 5.70 Å². The van der Waals surface area contributed by atoms with Crippen molar-refractivity contribution < 1.29 is 9.21 Å². The molecule has 1 unspecified atom stereocenters. The van der Waals surface area contributed by atoms with Crippen molar-refractivity contribution >= 4 is 33.8 Å². The summed E-state index contributed by atoms with van der Waals surface area (Å²) >= 11 is 1.46. The molecule has 7 nitrogen and oxygen atoms in total. The first-order valence-electron chi connectivity index (χ1n) is 6.40. The molecular weight excluding hydrogens is 302 g/mol. The van der Waals surface area contributed by atoms with E-state index in [0.717, 1.165) is 10.7 Å². The SMILES string of the molecule is NC(=O)C1=C[N+]2(c3nccs3)C=C(c3ncco3)C=CC2=N1. The first-order chi connectivity index (χ1) is 10.7. The van der Waals surface area contributed by atoms with Gasteiger partial charge in [-0.3, -0.25) is 4.79 Å². The second-order valence-electron chi connectivity index (χ2n) is 4.70. The monoisotopic (exact) mass is 312 g/mol. The first-order valence-corrected chi connectivity index (χ1v) is 7.28. The third-order valence-electron chi connectivity index (χ3n) is 3.36. The van der Waals surface area contributed by atoms with Crippen molar-refractivity contribution in [2.24, 2.45) is 10.7 Å². The number of rotatable bonds is 3. The summed E-state index contributed by atoms with van der Waals surface area (Å²) in [5.74, 6) is 0.569. The van der Waals surface area contributed by atoms with Gasteiger partial charge in [0.2, 0.25) is 11.7 Å². The van der Waals surface area contributed by atoms with Gasteiger partial charge < -0.3 is 10.2 Å². The fourth-order valence-corrected chi connectivity index (χ4v) is 3.14. The predicted molar refractivity (Wildman–Crippen MR) is 82.2 cm³/mol. The summed E-state index contributed by atoms with van der Waals surface area (Å²) in [6.45, 7) is 0. The average Bonchev–Trinajstić information content (AvgIpc) is 3.25. The van der Waals surface area contributed by atoms with Crippen LogP contribution < -0.4 is 10.2 Å². The number of amides is 1. The molecule has 1 atom stereocenters. The lowest BCUT2D eigenvalue weighted by Gasteiger charge is -2.25. The van der Waals surface area contributed by atoms with Crippen molar-refractivity contribution in [3.8, 4) is 0 Å². The number of allylic oxidation sites excluding steroid dienone is 2. The molecule has 0 aromatic carbocycles. The van der Waals surface area contributed by atoms with Gasteiger partial charge >= 0.3 is 5.13 Å². The molecule has 108 valence electrons. The lowest BCUT2D eigenvalue weighted by Crippen LogP contribution is -2.42. The molecule has 0 fully saturated rings. The van der Waals surface area contributed by atoms with Crippen LogP contribution in [0.25, 0.3) is 5.57 Å². The molecule has 0 aliphatic carbocycles. The number of nitrogens with zero attached hydrogens (tertiary/aromatic N) is 4. The fraction of sp³-hybridized carbons (Fsp3) is 0. The van der Waals surface area contributed by atoms with Crippen LogP contribution in [0.2, 0.25) is 0 Å². The van der Waals surface area contributed by atoms with Crippen LogP contribution in [0.4, 0.5) is 5.13 Å². The highest BCUT2D eigenvalue weighted by molar-refractivity contribution is 7.13. The second-order valence-corrected chi connectivity index (χ2v) is 5.57. The number of aromatic nitrogens is 2. The van der Waals surface area contributed by atoms with E-state index in [-0.39, 0.29) is 10.2 Å². The Morgan fingerprint density at radius 2 is 2.14 bits per heavy atom. The minimum atomic E-state index is -0.574. The molecule has 1 amide bonds. The van der Waals surface area contributed by atoms with Gasteiger partial charge in [0, 0.05) is 17.7 Å². The number of thiazole rings is 1. The molecule has 4 rings (SSSR count). The summed E-state index contributed by atoms with van der Waals surface area (Å²) < 4.78 is 5.45. The maximum atomic E-state index is 11.5. The summed E-state index contributed by atoms with van der Waals surface area (Å²) in [5.41, 5.74) is 6.36. The number of oxazole rings is 1. The van der Waals surface area contributed by atoms with Gasteiger partial charge in [-0.1, -0.05) is 11.3 Å². The van der Waals surface area contributed by atoms with Crippen LogP contribution in [0.5, 0.6) is 0 Å². The highest BCUT2D eigenvalue weighted by Crippen LogP contribution is 2.38. The van der Waals surface area contributed by atoms with Gasteiger partial charge in [-0.15, -0.1) is 0 Å². The summed E-state index contributed by atoms with van der Waals surface area (Å²) in [5, 5.41) is 2.62. The van der Waals surface area contributed by atoms with Crippen LogP contribution in [0, 0.1) is 0 Å². The molecule has 2 aromatic heterocycles. The summed E-state index contributed by atoms with van der Waals surface area (Å²) in [6.07, 6.45) is 12.0. The minimum absolute atomic E-state index is 0.101. The Hall–Kier alpha value is -2.84. The van der Waals surface area contributed by atoms with Crippen LogP contribution >= 0.6 is 11.3 Å². The molecular formula is C14H10N5O2S+. The molecule has 2 aromatic rings. The van der Waals surface area contributed by atoms with E-state index in [0.29, 0.717) is 11.7 Å². The van der Waals surface area contributed by atoms with Gasteiger partial charge in [0.25, 0.3) is 5.91 Å². The van der Waals surface area contributed by atoms with E-state index in [1.165, 1.54) is 17.6 Å². The van der Waals surface area contributed by atoms with E-state index in [9.17, 15) is 4.79 Å². The zero-order chi connectivity index (χ0) is 15.2. The van der Waals surface area contributed by atoms with Gasteiger partial charge in [-0.2, -0.15) is 14.5 Å². The Balaban J connectivity index is 1.93. The highest BCUT2D eigenvalue weighted by Gasteiger charge is 2.44. The highest BCUT2D eigenvalue weighted by atomic mass is 32.1. The number of amidine groups is 1. The average molecular weight is 312 g/mol. The number of carbonyl (C=O) groups is 1. The number of hydrogen-bond acceptors (Lipinski definition) is 6. The third kappa shape index (κ3) is 1.78. The normalized spacial score (nSPS) is 22.8. The summed E-state index contributed by atoms with van der Waals surface area (Å²) in [4.78, 5) is 24.3. The maximum Gasteiger partial charge on any atom is 0.302 e. The van der Waals surface area contributed by atoms with Crippen molar-refractivity contribution in [1.82, 2.24) is 14.5 Å². The van der Waals surface area contributed by atoms with Crippen molar-refractivity contribution in [1.29, 1.82) is 0 Å². The fourth-order valence-electron chi connectivity index (χ4n) is 2.40. The van der Waals surface area contributed by atoms with E-state index in [1.807, 2.05) is 23.7 Å². The quantitative estimate of drug-likeness (QED) is 0.874. The molecule has 2 N–H and O–H groups in total. The zero-order valence-corrected chi connectivity index (χ0v) is 12.0. The topological polar surface area (TPSA) is 94.4 Å². The Morgan fingerprint density at radius 3 is 2.82 bits per heavy atom. The molecule has 22 heavy (non-hydrogen) atoms.